The van der Waals surface area contributed by atoms with Gasteiger partial charge in [0.1, 0.15) is 17.3 Å². The first-order chi connectivity index (χ1) is 17.9. The molecule has 0 saturated carbocycles. The Hall–Kier alpha value is -3.92. The van der Waals surface area contributed by atoms with Gasteiger partial charge in [-0.05, 0) is 62.2 Å². The first-order valence-corrected chi connectivity index (χ1v) is 12.9. The predicted octanol–water partition coefficient (Wildman–Crippen LogP) is 3.33. The number of anilines is 1. The third-order valence-electron chi connectivity index (χ3n) is 6.58. The summed E-state index contributed by atoms with van der Waals surface area (Å²) in [6, 6.07) is 8.83. The van der Waals surface area contributed by atoms with Gasteiger partial charge in [0.25, 0.3) is 11.8 Å². The zero-order chi connectivity index (χ0) is 28.1. The topological polar surface area (TPSA) is 144 Å². The highest BCUT2D eigenvalue weighted by Gasteiger charge is 2.28. The summed E-state index contributed by atoms with van der Waals surface area (Å²) in [5, 5.41) is 41.0. The standard InChI is InChI=1S/C28H38N6O4/c1-6-32-11-13-33(14-12-32)28(38)19-7-9-20(10-8-19)34(26(30)27(37)31-18(4)5)25(29)22-15-21(17(2)3)23(35)16-24(22)36/h7-10,15-18,29-30,35-36H,6,11-14H2,1-5H3,(H,31,37). The van der Waals surface area contributed by atoms with Crippen LogP contribution in [0.3, 0.4) is 0 Å². The second kappa shape index (κ2) is 12.1. The lowest BCUT2D eigenvalue weighted by Gasteiger charge is -2.34. The van der Waals surface area contributed by atoms with Gasteiger partial charge in [-0.25, -0.2) is 0 Å². The molecule has 1 fully saturated rings. The Morgan fingerprint density at radius 3 is 2.11 bits per heavy atom. The Kier molecular flexibility index (Phi) is 9.11. The van der Waals surface area contributed by atoms with E-state index in [1.807, 2.05) is 13.8 Å². The molecule has 1 heterocycles. The van der Waals surface area contributed by atoms with Crippen molar-refractivity contribution in [1.82, 2.24) is 15.1 Å². The van der Waals surface area contributed by atoms with Crippen LogP contribution in [0.15, 0.2) is 36.4 Å². The Morgan fingerprint density at radius 2 is 1.58 bits per heavy atom. The van der Waals surface area contributed by atoms with Gasteiger partial charge in [-0.3, -0.25) is 25.3 Å². The third-order valence-corrected chi connectivity index (χ3v) is 6.58. The molecule has 0 aliphatic carbocycles. The number of benzene rings is 2. The zero-order valence-electron chi connectivity index (χ0n) is 22.7. The quantitative estimate of drug-likeness (QED) is 0.291. The van der Waals surface area contributed by atoms with Crippen LogP contribution in [-0.4, -0.2) is 82.3 Å². The minimum atomic E-state index is -0.693. The van der Waals surface area contributed by atoms with Crippen LogP contribution in [-0.2, 0) is 4.79 Å². The number of piperazine rings is 1. The molecule has 0 atom stereocenters. The lowest BCUT2D eigenvalue weighted by molar-refractivity contribution is -0.115. The van der Waals surface area contributed by atoms with Crippen LogP contribution in [0.2, 0.25) is 0 Å². The van der Waals surface area contributed by atoms with Crippen molar-refractivity contribution >= 4 is 29.2 Å². The fourth-order valence-corrected chi connectivity index (χ4v) is 4.37. The van der Waals surface area contributed by atoms with Crippen molar-refractivity contribution in [1.29, 1.82) is 10.8 Å². The SMILES string of the molecule is CCN1CCN(C(=O)c2ccc(N(C(=N)C(=O)NC(C)C)C(=N)c3cc(C(C)C)c(O)cc3O)cc2)CC1. The van der Waals surface area contributed by atoms with E-state index in [2.05, 4.69) is 17.1 Å². The number of carbonyl (C=O) groups is 2. The molecule has 38 heavy (non-hydrogen) atoms. The van der Waals surface area contributed by atoms with Crippen molar-refractivity contribution in [3.05, 3.63) is 53.1 Å². The van der Waals surface area contributed by atoms with Crippen molar-refractivity contribution in [2.24, 2.45) is 0 Å². The number of amidine groups is 2. The molecule has 1 saturated heterocycles. The van der Waals surface area contributed by atoms with E-state index in [1.165, 1.54) is 6.07 Å². The van der Waals surface area contributed by atoms with Crippen molar-refractivity contribution in [3.63, 3.8) is 0 Å². The van der Waals surface area contributed by atoms with Crippen LogP contribution in [0.4, 0.5) is 5.69 Å². The zero-order valence-corrected chi connectivity index (χ0v) is 22.7. The lowest BCUT2D eigenvalue weighted by atomic mass is 9.98. The highest BCUT2D eigenvalue weighted by Crippen LogP contribution is 2.33. The number of nitrogens with one attached hydrogen (secondary N) is 3. The van der Waals surface area contributed by atoms with Crippen molar-refractivity contribution in [2.75, 3.05) is 37.6 Å². The fraction of sp³-hybridized carbons (Fsp3) is 0.429. The van der Waals surface area contributed by atoms with Gasteiger partial charge in [0.15, 0.2) is 5.84 Å². The number of carbonyl (C=O) groups excluding carboxylic acids is 2. The second-order valence-electron chi connectivity index (χ2n) is 10.0. The fourth-order valence-electron chi connectivity index (χ4n) is 4.37. The minimum Gasteiger partial charge on any atom is -0.508 e. The summed E-state index contributed by atoms with van der Waals surface area (Å²) in [6.45, 7) is 13.2. The lowest BCUT2D eigenvalue weighted by Crippen LogP contribution is -2.48. The average molecular weight is 523 g/mol. The van der Waals surface area contributed by atoms with E-state index in [-0.39, 0.29) is 40.8 Å². The summed E-state index contributed by atoms with van der Waals surface area (Å²) in [4.78, 5) is 31.1. The predicted molar refractivity (Wildman–Crippen MR) is 149 cm³/mol. The molecule has 5 N–H and O–H groups in total. The van der Waals surface area contributed by atoms with Crippen LogP contribution in [0.5, 0.6) is 11.5 Å². The van der Waals surface area contributed by atoms with E-state index in [1.54, 1.807) is 43.0 Å². The molecule has 0 spiro atoms. The molecule has 204 valence electrons. The molecule has 2 aromatic rings. The van der Waals surface area contributed by atoms with Crippen LogP contribution in [0, 0.1) is 10.8 Å². The maximum absolute atomic E-state index is 13.1. The van der Waals surface area contributed by atoms with E-state index in [0.29, 0.717) is 29.9 Å². The summed E-state index contributed by atoms with van der Waals surface area (Å²) in [6.07, 6.45) is 0. The highest BCUT2D eigenvalue weighted by atomic mass is 16.3. The Morgan fingerprint density at radius 1 is 0.974 bits per heavy atom. The molecule has 0 radical (unpaired) electrons. The molecule has 3 rings (SSSR count). The largest absolute Gasteiger partial charge is 0.508 e. The number of phenols is 2. The molecular weight excluding hydrogens is 484 g/mol. The maximum Gasteiger partial charge on any atom is 0.287 e. The molecule has 1 aliphatic heterocycles. The van der Waals surface area contributed by atoms with Gasteiger partial charge in [0, 0.05) is 49.5 Å². The summed E-state index contributed by atoms with van der Waals surface area (Å²) in [5.74, 6) is -2.17. The molecule has 2 aromatic carbocycles. The van der Waals surface area contributed by atoms with Crippen molar-refractivity contribution < 1.29 is 19.8 Å². The van der Waals surface area contributed by atoms with Gasteiger partial charge in [-0.15, -0.1) is 0 Å². The monoisotopic (exact) mass is 522 g/mol. The number of aromatic hydroxyl groups is 2. The summed E-state index contributed by atoms with van der Waals surface area (Å²) >= 11 is 0. The van der Waals surface area contributed by atoms with Gasteiger partial charge in [-0.2, -0.15) is 0 Å². The summed E-state index contributed by atoms with van der Waals surface area (Å²) in [7, 11) is 0. The van der Waals surface area contributed by atoms with E-state index in [0.717, 1.165) is 30.6 Å². The smallest absolute Gasteiger partial charge is 0.287 e. The Labute approximate surface area is 223 Å². The molecule has 10 heteroatoms. The van der Waals surface area contributed by atoms with Gasteiger partial charge < -0.3 is 25.3 Å². The van der Waals surface area contributed by atoms with Crippen LogP contribution < -0.4 is 10.2 Å². The van der Waals surface area contributed by atoms with E-state index in [4.69, 9.17) is 10.8 Å². The number of nitrogens with zero attached hydrogens (tertiary/aromatic N) is 3. The molecular formula is C28H38N6O4. The minimum absolute atomic E-state index is 0.0579. The van der Waals surface area contributed by atoms with E-state index >= 15 is 0 Å². The molecule has 10 nitrogen and oxygen atoms in total. The van der Waals surface area contributed by atoms with Crippen molar-refractivity contribution in [2.45, 2.75) is 46.6 Å². The number of rotatable bonds is 6. The average Bonchev–Trinajstić information content (AvgIpc) is 2.88. The second-order valence-corrected chi connectivity index (χ2v) is 10.0. The molecule has 2 amide bonds. The Bertz CT molecular complexity index is 1200. The van der Waals surface area contributed by atoms with Gasteiger partial charge in [0.2, 0.25) is 0 Å². The van der Waals surface area contributed by atoms with Crippen molar-refractivity contribution in [3.8, 4) is 11.5 Å². The van der Waals surface area contributed by atoms with Crippen LogP contribution in [0.1, 0.15) is 62.0 Å². The maximum atomic E-state index is 13.1. The Balaban J connectivity index is 1.96. The molecule has 0 unspecified atom stereocenters. The third kappa shape index (κ3) is 6.31. The first kappa shape index (κ1) is 28.6. The van der Waals surface area contributed by atoms with Gasteiger partial charge in [-0.1, -0.05) is 20.8 Å². The normalized spacial score (nSPS) is 14.0. The molecule has 1 aliphatic rings. The number of phenolic OH excluding ortho intramolecular Hbond substituents is 2. The first-order valence-electron chi connectivity index (χ1n) is 12.9. The van der Waals surface area contributed by atoms with Crippen LogP contribution in [0.25, 0.3) is 0 Å². The number of amides is 2. The van der Waals surface area contributed by atoms with E-state index < -0.39 is 11.7 Å². The molecule has 0 bridgehead atoms. The number of hydrogen-bond donors (Lipinski definition) is 5. The highest BCUT2D eigenvalue weighted by molar-refractivity contribution is 6.48. The number of hydrogen-bond acceptors (Lipinski definition) is 7. The van der Waals surface area contributed by atoms with E-state index in [9.17, 15) is 19.8 Å². The summed E-state index contributed by atoms with van der Waals surface area (Å²) < 4.78 is 0. The number of likely N-dealkylation sites (N-methyl/N-ethyl adjacent to an activating group) is 1. The summed E-state index contributed by atoms with van der Waals surface area (Å²) in [5.41, 5.74) is 1.36. The molecule has 0 aromatic heterocycles. The van der Waals surface area contributed by atoms with Gasteiger partial charge in [0.05, 0.1) is 5.56 Å². The van der Waals surface area contributed by atoms with Crippen LogP contribution >= 0.6 is 0 Å². The van der Waals surface area contributed by atoms with Gasteiger partial charge >= 0.3 is 0 Å².